The van der Waals surface area contributed by atoms with Crippen LogP contribution in [0.3, 0.4) is 0 Å². The Labute approximate surface area is 194 Å². The molecule has 0 aliphatic heterocycles. The summed E-state index contributed by atoms with van der Waals surface area (Å²) in [5.41, 5.74) is 5.69. The maximum atomic E-state index is 12.9. The Kier molecular flexibility index (Phi) is 9.41. The topological polar surface area (TPSA) is 42.0 Å². The van der Waals surface area contributed by atoms with Crippen molar-refractivity contribution in [3.05, 3.63) is 62.5 Å². The molecule has 0 radical (unpaired) electrons. The highest BCUT2D eigenvalue weighted by atomic mass is 127. The molecule has 164 valence electrons. The summed E-state index contributed by atoms with van der Waals surface area (Å²) in [5.74, 6) is 1.58. The van der Waals surface area contributed by atoms with Crippen LogP contribution in [0.25, 0.3) is 6.08 Å². The third-order valence-electron chi connectivity index (χ3n) is 4.63. The molecular formula is C23H32IN2O3P. The molecule has 0 amide bonds. The molecular weight excluding hydrogens is 510 g/mol. The number of halogens is 1. The van der Waals surface area contributed by atoms with Crippen LogP contribution in [0.4, 0.5) is 11.4 Å². The first-order chi connectivity index (χ1) is 14.2. The number of hydrogen-bond acceptors (Lipinski definition) is 5. The van der Waals surface area contributed by atoms with E-state index in [1.807, 2.05) is 48.1 Å². The van der Waals surface area contributed by atoms with E-state index >= 15 is 0 Å². The summed E-state index contributed by atoms with van der Waals surface area (Å²) in [6.07, 6.45) is 2.66. The molecule has 0 unspecified atom stereocenters. The first-order valence-corrected chi connectivity index (χ1v) is 12.7. The van der Waals surface area contributed by atoms with E-state index in [0.29, 0.717) is 13.2 Å². The first kappa shape index (κ1) is 24.9. The lowest BCUT2D eigenvalue weighted by molar-refractivity contribution is 0.229. The van der Waals surface area contributed by atoms with Gasteiger partial charge >= 0.3 is 7.60 Å². The van der Waals surface area contributed by atoms with Crippen LogP contribution >= 0.6 is 30.2 Å². The summed E-state index contributed by atoms with van der Waals surface area (Å²) < 4.78 is 24.9. The van der Waals surface area contributed by atoms with Gasteiger partial charge < -0.3 is 18.8 Å². The number of benzene rings is 2. The SMILES string of the molecule is CCOP(=O)(/C=C/c1cc(N(C)C)ccc1Cc1ccc(N(C)C)cc1I)OCC. The largest absolute Gasteiger partial charge is 0.378 e. The molecule has 30 heavy (non-hydrogen) atoms. The van der Waals surface area contributed by atoms with Gasteiger partial charge in [0.1, 0.15) is 0 Å². The van der Waals surface area contributed by atoms with Gasteiger partial charge in [-0.2, -0.15) is 0 Å². The van der Waals surface area contributed by atoms with Crippen molar-refractivity contribution < 1.29 is 13.6 Å². The van der Waals surface area contributed by atoms with Crippen molar-refractivity contribution in [1.29, 1.82) is 0 Å². The molecule has 2 aromatic carbocycles. The van der Waals surface area contributed by atoms with E-state index in [2.05, 4.69) is 68.8 Å². The van der Waals surface area contributed by atoms with Crippen LogP contribution in [0.1, 0.15) is 30.5 Å². The summed E-state index contributed by atoms with van der Waals surface area (Å²) in [5, 5.41) is 0. The lowest BCUT2D eigenvalue weighted by Crippen LogP contribution is -2.10. The minimum atomic E-state index is -3.25. The molecule has 0 aliphatic rings. The maximum absolute atomic E-state index is 12.9. The van der Waals surface area contributed by atoms with Crippen molar-refractivity contribution in [3.8, 4) is 0 Å². The van der Waals surface area contributed by atoms with Gasteiger partial charge in [-0.3, -0.25) is 4.57 Å². The highest BCUT2D eigenvalue weighted by Gasteiger charge is 2.19. The number of nitrogens with zero attached hydrogens (tertiary/aromatic N) is 2. The molecule has 0 bridgehead atoms. The normalized spacial score (nSPS) is 11.8. The Morgan fingerprint density at radius 3 is 1.93 bits per heavy atom. The van der Waals surface area contributed by atoms with Gasteiger partial charge in [0.2, 0.25) is 0 Å². The zero-order valence-electron chi connectivity index (χ0n) is 18.7. The van der Waals surface area contributed by atoms with Gasteiger partial charge in [0.25, 0.3) is 0 Å². The molecule has 7 heteroatoms. The van der Waals surface area contributed by atoms with E-state index in [-0.39, 0.29) is 0 Å². The monoisotopic (exact) mass is 542 g/mol. The zero-order chi connectivity index (χ0) is 22.3. The quantitative estimate of drug-likeness (QED) is 0.262. The lowest BCUT2D eigenvalue weighted by atomic mass is 9.98. The van der Waals surface area contributed by atoms with Crippen LogP contribution in [0.15, 0.2) is 42.2 Å². The summed E-state index contributed by atoms with van der Waals surface area (Å²) in [7, 11) is 4.86. The molecule has 0 atom stereocenters. The van der Waals surface area contributed by atoms with Crippen molar-refractivity contribution in [2.24, 2.45) is 0 Å². The van der Waals surface area contributed by atoms with Crippen LogP contribution < -0.4 is 9.80 Å². The van der Waals surface area contributed by atoms with Crippen LogP contribution in [-0.4, -0.2) is 41.4 Å². The molecule has 0 heterocycles. The Bertz CT molecular complexity index is 919. The third kappa shape index (κ3) is 6.84. The van der Waals surface area contributed by atoms with E-state index in [9.17, 15) is 4.57 Å². The second-order valence-electron chi connectivity index (χ2n) is 7.32. The van der Waals surface area contributed by atoms with E-state index in [1.165, 1.54) is 14.8 Å². The second-order valence-corrected chi connectivity index (χ2v) is 10.4. The zero-order valence-corrected chi connectivity index (χ0v) is 21.7. The van der Waals surface area contributed by atoms with Crippen molar-refractivity contribution >= 4 is 47.6 Å². The van der Waals surface area contributed by atoms with Crippen molar-refractivity contribution in [3.63, 3.8) is 0 Å². The summed E-state index contributed by atoms with van der Waals surface area (Å²) in [4.78, 5) is 4.16. The minimum Gasteiger partial charge on any atom is -0.378 e. The van der Waals surface area contributed by atoms with Gasteiger partial charge in [0.15, 0.2) is 0 Å². The minimum absolute atomic E-state index is 0.336. The maximum Gasteiger partial charge on any atom is 0.354 e. The summed E-state index contributed by atoms with van der Waals surface area (Å²) in [6, 6.07) is 12.9. The van der Waals surface area contributed by atoms with Crippen LogP contribution in [0.2, 0.25) is 0 Å². The van der Waals surface area contributed by atoms with Crippen LogP contribution in [0.5, 0.6) is 0 Å². The molecule has 0 aliphatic carbocycles. The molecule has 0 saturated carbocycles. The summed E-state index contributed by atoms with van der Waals surface area (Å²) in [6.45, 7) is 4.30. The number of anilines is 2. The van der Waals surface area contributed by atoms with Crippen molar-refractivity contribution in [2.45, 2.75) is 20.3 Å². The second kappa shape index (κ2) is 11.3. The van der Waals surface area contributed by atoms with Gasteiger partial charge in [0, 0.05) is 49.0 Å². The van der Waals surface area contributed by atoms with E-state index in [4.69, 9.17) is 9.05 Å². The molecule has 0 spiro atoms. The predicted octanol–water partition coefficient (Wildman–Crippen LogP) is 6.25. The molecule has 5 nitrogen and oxygen atoms in total. The van der Waals surface area contributed by atoms with Gasteiger partial charge in [-0.1, -0.05) is 12.1 Å². The average molecular weight is 542 g/mol. The Morgan fingerprint density at radius 2 is 1.43 bits per heavy atom. The smallest absolute Gasteiger partial charge is 0.354 e. The lowest BCUT2D eigenvalue weighted by Gasteiger charge is -2.18. The van der Waals surface area contributed by atoms with Crippen LogP contribution in [0, 0.1) is 3.57 Å². The molecule has 2 rings (SSSR count). The fraction of sp³-hybridized carbons (Fsp3) is 0.391. The Hall–Kier alpha value is -1.34. The number of hydrogen-bond donors (Lipinski definition) is 0. The Morgan fingerprint density at radius 1 is 0.900 bits per heavy atom. The standard InChI is InChI=1S/C23H32IN2O3P/c1-7-28-30(27,29-8-2)14-13-19-16-21(25(3)4)11-9-18(19)15-20-10-12-22(26(5)6)17-23(20)24/h9-14,16-17H,7-8,15H2,1-6H3/b14-13+. The number of rotatable bonds is 10. The fourth-order valence-corrected chi connectivity index (χ4v) is 4.99. The predicted molar refractivity (Wildman–Crippen MR) is 137 cm³/mol. The van der Waals surface area contributed by atoms with E-state index < -0.39 is 7.60 Å². The third-order valence-corrected chi connectivity index (χ3v) is 7.39. The molecule has 0 saturated heterocycles. The molecule has 0 fully saturated rings. The van der Waals surface area contributed by atoms with Gasteiger partial charge in [-0.25, -0.2) is 0 Å². The fourth-order valence-electron chi connectivity index (χ4n) is 2.99. The van der Waals surface area contributed by atoms with Gasteiger partial charge in [0.05, 0.1) is 13.2 Å². The highest BCUT2D eigenvalue weighted by molar-refractivity contribution is 14.1. The molecule has 0 N–H and O–H groups in total. The van der Waals surface area contributed by atoms with Gasteiger partial charge in [-0.15, -0.1) is 0 Å². The van der Waals surface area contributed by atoms with Crippen molar-refractivity contribution in [2.75, 3.05) is 51.2 Å². The molecule has 0 aromatic heterocycles. The Balaban J connectivity index is 2.43. The first-order valence-electron chi connectivity index (χ1n) is 10.0. The summed E-state index contributed by atoms with van der Waals surface area (Å²) >= 11 is 2.39. The van der Waals surface area contributed by atoms with E-state index in [0.717, 1.165) is 23.2 Å². The average Bonchev–Trinajstić information content (AvgIpc) is 2.68. The van der Waals surface area contributed by atoms with Gasteiger partial charge in [-0.05, 0) is 89.9 Å². The molecule has 2 aromatic rings. The van der Waals surface area contributed by atoms with Crippen molar-refractivity contribution in [1.82, 2.24) is 0 Å². The van der Waals surface area contributed by atoms with Crippen LogP contribution in [-0.2, 0) is 20.0 Å². The van der Waals surface area contributed by atoms with E-state index in [1.54, 1.807) is 5.82 Å². The highest BCUT2D eigenvalue weighted by Crippen LogP contribution is 2.50.